The van der Waals surface area contributed by atoms with Crippen LogP contribution in [-0.4, -0.2) is 12.2 Å². The fourth-order valence-corrected chi connectivity index (χ4v) is 2.59. The third-order valence-corrected chi connectivity index (χ3v) is 4.17. The summed E-state index contributed by atoms with van der Waals surface area (Å²) in [4.78, 5) is 0. The molecule has 0 aliphatic rings. The molecule has 1 atom stereocenters. The van der Waals surface area contributed by atoms with Crippen LogP contribution in [0.3, 0.4) is 0 Å². The molecular formula is C20H24O2. The largest absolute Gasteiger partial charge is 0.497 e. The van der Waals surface area contributed by atoms with E-state index in [9.17, 15) is 5.11 Å². The van der Waals surface area contributed by atoms with Gasteiger partial charge in [0.25, 0.3) is 0 Å². The molecule has 2 aromatic carbocycles. The lowest BCUT2D eigenvalue weighted by molar-refractivity contribution is 0.213. The van der Waals surface area contributed by atoms with Crippen LogP contribution in [0, 0.1) is 6.92 Å². The Bertz CT molecular complexity index is 671. The third-order valence-electron chi connectivity index (χ3n) is 4.17. The first kappa shape index (κ1) is 16.3. The second-order valence-electron chi connectivity index (χ2n) is 5.75. The highest BCUT2D eigenvalue weighted by Crippen LogP contribution is 2.28. The van der Waals surface area contributed by atoms with Gasteiger partial charge in [0.05, 0.1) is 7.11 Å². The molecule has 116 valence electrons. The topological polar surface area (TPSA) is 29.5 Å². The molecule has 0 bridgehead atoms. The van der Waals surface area contributed by atoms with Gasteiger partial charge in [-0.25, -0.2) is 0 Å². The lowest BCUT2D eigenvalue weighted by atomic mass is 9.93. The number of methoxy groups -OCH3 is 1. The van der Waals surface area contributed by atoms with E-state index in [4.69, 9.17) is 4.74 Å². The monoisotopic (exact) mass is 296 g/mol. The maximum Gasteiger partial charge on any atom is 0.119 e. The molecule has 0 aliphatic heterocycles. The minimum Gasteiger partial charge on any atom is -0.497 e. The van der Waals surface area contributed by atoms with Gasteiger partial charge in [-0.1, -0.05) is 42.0 Å². The van der Waals surface area contributed by atoms with Crippen molar-refractivity contribution in [1.29, 1.82) is 0 Å². The molecular weight excluding hydrogens is 272 g/mol. The molecule has 0 fully saturated rings. The summed E-state index contributed by atoms with van der Waals surface area (Å²) in [6.45, 7) is 6.12. The average Bonchev–Trinajstić information content (AvgIpc) is 2.54. The fourth-order valence-electron chi connectivity index (χ4n) is 2.59. The summed E-state index contributed by atoms with van der Waals surface area (Å²) in [5, 5.41) is 10.6. The van der Waals surface area contributed by atoms with Gasteiger partial charge in [-0.2, -0.15) is 0 Å². The standard InChI is InChI=1S/C20H24O2/c1-14-8-5-6-11-19(14)20(21)16(3)15(2)12-17-9-7-10-18(13-17)22-4/h5-11,13,20-21H,12H2,1-4H3/b16-15+. The Balaban J connectivity index is 2.23. The number of hydrogen-bond acceptors (Lipinski definition) is 2. The third kappa shape index (κ3) is 3.77. The summed E-state index contributed by atoms with van der Waals surface area (Å²) in [5.41, 5.74) is 5.47. The second kappa shape index (κ2) is 7.28. The minimum absolute atomic E-state index is 0.549. The van der Waals surface area contributed by atoms with Crippen LogP contribution in [0.4, 0.5) is 0 Å². The molecule has 0 amide bonds. The summed E-state index contributed by atoms with van der Waals surface area (Å²) in [7, 11) is 1.68. The maximum absolute atomic E-state index is 10.6. The molecule has 2 nitrogen and oxygen atoms in total. The van der Waals surface area contributed by atoms with E-state index < -0.39 is 6.10 Å². The Hall–Kier alpha value is -2.06. The lowest BCUT2D eigenvalue weighted by Gasteiger charge is -2.17. The first-order valence-corrected chi connectivity index (χ1v) is 7.55. The van der Waals surface area contributed by atoms with Crippen molar-refractivity contribution in [2.75, 3.05) is 7.11 Å². The Kier molecular flexibility index (Phi) is 5.40. The van der Waals surface area contributed by atoms with Gasteiger partial charge in [0, 0.05) is 0 Å². The Labute approximate surface area is 133 Å². The number of hydrogen-bond donors (Lipinski definition) is 1. The molecule has 0 radical (unpaired) electrons. The highest BCUT2D eigenvalue weighted by molar-refractivity contribution is 5.36. The summed E-state index contributed by atoms with van der Waals surface area (Å²) >= 11 is 0. The number of aliphatic hydroxyl groups excluding tert-OH is 1. The summed E-state index contributed by atoms with van der Waals surface area (Å²) in [6.07, 6.45) is 0.262. The van der Waals surface area contributed by atoms with E-state index in [-0.39, 0.29) is 0 Å². The zero-order chi connectivity index (χ0) is 16.1. The summed E-state index contributed by atoms with van der Waals surface area (Å²) in [6, 6.07) is 16.0. The Morgan fingerprint density at radius 1 is 1.09 bits per heavy atom. The van der Waals surface area contributed by atoms with Crippen molar-refractivity contribution in [3.8, 4) is 5.75 Å². The average molecular weight is 296 g/mol. The predicted molar refractivity (Wildman–Crippen MR) is 91.2 cm³/mol. The van der Waals surface area contributed by atoms with Gasteiger partial charge in [0.1, 0.15) is 11.9 Å². The van der Waals surface area contributed by atoms with Crippen molar-refractivity contribution in [2.24, 2.45) is 0 Å². The van der Waals surface area contributed by atoms with Crippen LogP contribution < -0.4 is 4.74 Å². The molecule has 2 heteroatoms. The van der Waals surface area contributed by atoms with Crippen molar-refractivity contribution in [3.63, 3.8) is 0 Å². The SMILES string of the molecule is COc1cccc(C/C(C)=C(\C)C(O)c2ccccc2C)c1. The molecule has 22 heavy (non-hydrogen) atoms. The first-order valence-electron chi connectivity index (χ1n) is 7.55. The number of ether oxygens (including phenoxy) is 1. The summed E-state index contributed by atoms with van der Waals surface area (Å²) < 4.78 is 5.26. The number of benzene rings is 2. The quantitative estimate of drug-likeness (QED) is 0.816. The van der Waals surface area contributed by atoms with Crippen molar-refractivity contribution >= 4 is 0 Å². The molecule has 0 saturated heterocycles. The van der Waals surface area contributed by atoms with E-state index in [1.54, 1.807) is 7.11 Å². The van der Waals surface area contributed by atoms with Crippen LogP contribution in [0.2, 0.25) is 0 Å². The van der Waals surface area contributed by atoms with Crippen LogP contribution in [0.1, 0.15) is 36.6 Å². The molecule has 1 N–H and O–H groups in total. The van der Waals surface area contributed by atoms with E-state index in [2.05, 4.69) is 13.0 Å². The zero-order valence-corrected chi connectivity index (χ0v) is 13.8. The van der Waals surface area contributed by atoms with Crippen LogP contribution in [-0.2, 0) is 6.42 Å². The van der Waals surface area contributed by atoms with Crippen LogP contribution >= 0.6 is 0 Å². The normalized spacial score (nSPS) is 13.5. The molecule has 0 aromatic heterocycles. The zero-order valence-electron chi connectivity index (χ0n) is 13.8. The number of aliphatic hydroxyl groups is 1. The summed E-state index contributed by atoms with van der Waals surface area (Å²) in [5.74, 6) is 0.863. The van der Waals surface area contributed by atoms with Gasteiger partial charge in [-0.05, 0) is 61.6 Å². The number of aryl methyl sites for hydroxylation is 1. The van der Waals surface area contributed by atoms with E-state index in [0.29, 0.717) is 0 Å². The van der Waals surface area contributed by atoms with Crippen molar-refractivity contribution in [2.45, 2.75) is 33.3 Å². The Morgan fingerprint density at radius 3 is 2.50 bits per heavy atom. The van der Waals surface area contributed by atoms with Gasteiger partial charge >= 0.3 is 0 Å². The molecule has 2 aromatic rings. The predicted octanol–water partition coefficient (Wildman–Crippen LogP) is 4.62. The Morgan fingerprint density at radius 2 is 1.82 bits per heavy atom. The highest BCUT2D eigenvalue weighted by Gasteiger charge is 2.14. The van der Waals surface area contributed by atoms with Gasteiger partial charge in [-0.3, -0.25) is 0 Å². The lowest BCUT2D eigenvalue weighted by Crippen LogP contribution is -2.04. The van der Waals surface area contributed by atoms with Crippen LogP contribution in [0.25, 0.3) is 0 Å². The van der Waals surface area contributed by atoms with Crippen LogP contribution in [0.15, 0.2) is 59.7 Å². The number of rotatable bonds is 5. The molecule has 0 aliphatic carbocycles. The van der Waals surface area contributed by atoms with Gasteiger partial charge in [0.2, 0.25) is 0 Å². The van der Waals surface area contributed by atoms with Crippen LogP contribution in [0.5, 0.6) is 5.75 Å². The van der Waals surface area contributed by atoms with E-state index in [1.807, 2.05) is 56.3 Å². The van der Waals surface area contributed by atoms with E-state index >= 15 is 0 Å². The van der Waals surface area contributed by atoms with Gasteiger partial charge < -0.3 is 9.84 Å². The maximum atomic E-state index is 10.6. The smallest absolute Gasteiger partial charge is 0.119 e. The highest BCUT2D eigenvalue weighted by atomic mass is 16.5. The minimum atomic E-state index is -0.549. The number of allylic oxidation sites excluding steroid dienone is 1. The first-order chi connectivity index (χ1) is 10.5. The molecule has 0 heterocycles. The molecule has 1 unspecified atom stereocenters. The molecule has 0 spiro atoms. The van der Waals surface area contributed by atoms with E-state index in [0.717, 1.165) is 28.9 Å². The van der Waals surface area contributed by atoms with Crippen molar-refractivity contribution < 1.29 is 9.84 Å². The van der Waals surface area contributed by atoms with E-state index in [1.165, 1.54) is 11.1 Å². The molecule has 0 saturated carbocycles. The van der Waals surface area contributed by atoms with Crippen molar-refractivity contribution in [3.05, 3.63) is 76.4 Å². The van der Waals surface area contributed by atoms with Crippen molar-refractivity contribution in [1.82, 2.24) is 0 Å². The second-order valence-corrected chi connectivity index (χ2v) is 5.75. The molecule has 2 rings (SSSR count). The fraction of sp³-hybridized carbons (Fsp3) is 0.300. The van der Waals surface area contributed by atoms with Gasteiger partial charge in [0.15, 0.2) is 0 Å². The van der Waals surface area contributed by atoms with Gasteiger partial charge in [-0.15, -0.1) is 0 Å².